The Morgan fingerprint density at radius 2 is 1.67 bits per heavy atom. The zero-order chi connectivity index (χ0) is 18.5. The van der Waals surface area contributed by atoms with Crippen LogP contribution in [0.1, 0.15) is 47.0 Å². The summed E-state index contributed by atoms with van der Waals surface area (Å²) in [6.07, 6.45) is 0.338. The Labute approximate surface area is 149 Å². The highest BCUT2D eigenvalue weighted by Crippen LogP contribution is 2.15. The van der Waals surface area contributed by atoms with E-state index in [1.807, 2.05) is 20.8 Å². The SMILES string of the molecule is CCC(C)C(=O)OCC(O)COC(=O)CCSCC(C)C(O)CC. The van der Waals surface area contributed by atoms with Crippen molar-refractivity contribution in [1.82, 2.24) is 0 Å². The average Bonchev–Trinajstić information content (AvgIpc) is 2.59. The van der Waals surface area contributed by atoms with Crippen molar-refractivity contribution in [2.24, 2.45) is 11.8 Å². The van der Waals surface area contributed by atoms with Crippen molar-refractivity contribution < 1.29 is 29.3 Å². The molecule has 24 heavy (non-hydrogen) atoms. The van der Waals surface area contributed by atoms with Gasteiger partial charge in [-0.15, -0.1) is 0 Å². The van der Waals surface area contributed by atoms with Crippen LogP contribution >= 0.6 is 11.8 Å². The number of carbonyl (C=O) groups is 2. The van der Waals surface area contributed by atoms with E-state index in [9.17, 15) is 19.8 Å². The average molecular weight is 365 g/mol. The highest BCUT2D eigenvalue weighted by molar-refractivity contribution is 7.99. The molecule has 0 aliphatic rings. The zero-order valence-corrected chi connectivity index (χ0v) is 16.0. The molecule has 0 bridgehead atoms. The van der Waals surface area contributed by atoms with Gasteiger partial charge in [0.1, 0.15) is 19.3 Å². The quantitative estimate of drug-likeness (QED) is 0.381. The number of hydrogen-bond donors (Lipinski definition) is 2. The van der Waals surface area contributed by atoms with Crippen molar-refractivity contribution in [3.63, 3.8) is 0 Å². The molecule has 0 aromatic heterocycles. The molecule has 0 fully saturated rings. The fourth-order valence-corrected chi connectivity index (χ4v) is 2.81. The number of aliphatic hydroxyl groups is 2. The van der Waals surface area contributed by atoms with E-state index in [2.05, 4.69) is 0 Å². The molecular weight excluding hydrogens is 332 g/mol. The molecule has 4 atom stereocenters. The molecule has 0 aliphatic heterocycles. The van der Waals surface area contributed by atoms with Gasteiger partial charge in [0.2, 0.25) is 0 Å². The van der Waals surface area contributed by atoms with E-state index in [1.54, 1.807) is 18.7 Å². The Morgan fingerprint density at radius 3 is 2.25 bits per heavy atom. The van der Waals surface area contributed by atoms with Crippen LogP contribution in [0.25, 0.3) is 0 Å². The van der Waals surface area contributed by atoms with Crippen LogP contribution in [0, 0.1) is 11.8 Å². The smallest absolute Gasteiger partial charge is 0.308 e. The molecule has 0 heterocycles. The van der Waals surface area contributed by atoms with Gasteiger partial charge in [-0.2, -0.15) is 11.8 Å². The molecule has 2 N–H and O–H groups in total. The van der Waals surface area contributed by atoms with E-state index >= 15 is 0 Å². The van der Waals surface area contributed by atoms with Gasteiger partial charge in [-0.1, -0.05) is 27.7 Å². The lowest BCUT2D eigenvalue weighted by Gasteiger charge is -2.16. The normalized spacial score (nSPS) is 16.1. The minimum Gasteiger partial charge on any atom is -0.463 e. The number of hydrogen-bond acceptors (Lipinski definition) is 7. The molecule has 6 nitrogen and oxygen atoms in total. The van der Waals surface area contributed by atoms with Gasteiger partial charge in [-0.3, -0.25) is 9.59 Å². The lowest BCUT2D eigenvalue weighted by atomic mass is 10.1. The molecule has 0 amide bonds. The maximum Gasteiger partial charge on any atom is 0.308 e. The Bertz CT molecular complexity index is 363. The first-order valence-electron chi connectivity index (χ1n) is 8.57. The highest BCUT2D eigenvalue weighted by atomic mass is 32.2. The van der Waals surface area contributed by atoms with Crippen molar-refractivity contribution in [1.29, 1.82) is 0 Å². The molecule has 0 saturated carbocycles. The first-order chi connectivity index (χ1) is 11.3. The summed E-state index contributed by atoms with van der Waals surface area (Å²) in [5.74, 6) is 0.638. The Balaban J connectivity index is 3.73. The summed E-state index contributed by atoms with van der Waals surface area (Å²) in [6.45, 7) is 7.21. The van der Waals surface area contributed by atoms with Crippen LogP contribution < -0.4 is 0 Å². The van der Waals surface area contributed by atoms with Gasteiger partial charge in [0.15, 0.2) is 0 Å². The van der Waals surface area contributed by atoms with E-state index in [0.717, 1.165) is 12.2 Å². The van der Waals surface area contributed by atoms with Gasteiger partial charge in [0.25, 0.3) is 0 Å². The second-order valence-electron chi connectivity index (χ2n) is 6.05. The number of rotatable bonds is 13. The summed E-state index contributed by atoms with van der Waals surface area (Å²) in [7, 11) is 0. The number of ether oxygens (including phenoxy) is 2. The van der Waals surface area contributed by atoms with Gasteiger partial charge in [0.05, 0.1) is 18.4 Å². The van der Waals surface area contributed by atoms with Crippen molar-refractivity contribution in [2.45, 2.75) is 59.2 Å². The molecular formula is C17H32O6S. The summed E-state index contributed by atoms with van der Waals surface area (Å²) in [6, 6.07) is 0. The first-order valence-corrected chi connectivity index (χ1v) is 9.73. The van der Waals surface area contributed by atoms with Gasteiger partial charge < -0.3 is 19.7 Å². The van der Waals surface area contributed by atoms with E-state index in [4.69, 9.17) is 9.47 Å². The number of thioether (sulfide) groups is 1. The summed E-state index contributed by atoms with van der Waals surface area (Å²) in [4.78, 5) is 23.0. The van der Waals surface area contributed by atoms with Gasteiger partial charge in [-0.25, -0.2) is 0 Å². The molecule has 0 radical (unpaired) electrons. The van der Waals surface area contributed by atoms with Crippen LogP contribution in [0.4, 0.5) is 0 Å². The summed E-state index contributed by atoms with van der Waals surface area (Å²) in [5, 5.41) is 19.3. The van der Waals surface area contributed by atoms with Crippen molar-refractivity contribution in [3.8, 4) is 0 Å². The van der Waals surface area contributed by atoms with Crippen LogP contribution in [-0.2, 0) is 19.1 Å². The number of esters is 2. The van der Waals surface area contributed by atoms with Crippen LogP contribution in [-0.4, -0.2) is 59.1 Å². The third-order valence-electron chi connectivity index (χ3n) is 3.78. The Kier molecular flexibility index (Phi) is 13.1. The van der Waals surface area contributed by atoms with Gasteiger partial charge in [-0.05, 0) is 24.5 Å². The van der Waals surface area contributed by atoms with Crippen LogP contribution in [0.5, 0.6) is 0 Å². The second kappa shape index (κ2) is 13.5. The summed E-state index contributed by atoms with van der Waals surface area (Å²) < 4.78 is 9.89. The van der Waals surface area contributed by atoms with E-state index in [1.165, 1.54) is 0 Å². The fourth-order valence-electron chi connectivity index (χ4n) is 1.73. The molecule has 0 rings (SSSR count). The first kappa shape index (κ1) is 23.2. The lowest BCUT2D eigenvalue weighted by Crippen LogP contribution is -2.27. The second-order valence-corrected chi connectivity index (χ2v) is 7.20. The fraction of sp³-hybridized carbons (Fsp3) is 0.882. The van der Waals surface area contributed by atoms with Gasteiger partial charge >= 0.3 is 11.9 Å². The predicted octanol–water partition coefficient (Wildman–Crippen LogP) is 2.01. The molecule has 142 valence electrons. The lowest BCUT2D eigenvalue weighted by molar-refractivity contribution is -0.154. The van der Waals surface area contributed by atoms with Crippen molar-refractivity contribution >= 4 is 23.7 Å². The number of carbonyl (C=O) groups excluding carboxylic acids is 2. The van der Waals surface area contributed by atoms with E-state index < -0.39 is 12.1 Å². The van der Waals surface area contributed by atoms with E-state index in [-0.39, 0.29) is 43.5 Å². The molecule has 7 heteroatoms. The van der Waals surface area contributed by atoms with Crippen LogP contribution in [0.15, 0.2) is 0 Å². The van der Waals surface area contributed by atoms with Crippen LogP contribution in [0.3, 0.4) is 0 Å². The number of aliphatic hydroxyl groups excluding tert-OH is 2. The Morgan fingerprint density at radius 1 is 1.04 bits per heavy atom. The molecule has 0 aromatic rings. The topological polar surface area (TPSA) is 93.1 Å². The zero-order valence-electron chi connectivity index (χ0n) is 15.2. The molecule has 0 aliphatic carbocycles. The van der Waals surface area contributed by atoms with E-state index in [0.29, 0.717) is 12.2 Å². The molecule has 4 unspecified atom stereocenters. The van der Waals surface area contributed by atoms with Crippen molar-refractivity contribution in [3.05, 3.63) is 0 Å². The molecule has 0 saturated heterocycles. The largest absolute Gasteiger partial charge is 0.463 e. The Hall–Kier alpha value is -0.790. The maximum atomic E-state index is 11.6. The van der Waals surface area contributed by atoms with Gasteiger partial charge in [0, 0.05) is 5.75 Å². The summed E-state index contributed by atoms with van der Waals surface area (Å²) >= 11 is 1.59. The third-order valence-corrected chi connectivity index (χ3v) is 5.03. The molecule has 0 spiro atoms. The predicted molar refractivity (Wildman–Crippen MR) is 94.8 cm³/mol. The minimum atomic E-state index is -1.01. The van der Waals surface area contributed by atoms with Crippen LogP contribution in [0.2, 0.25) is 0 Å². The maximum absolute atomic E-state index is 11.6. The van der Waals surface area contributed by atoms with Crippen molar-refractivity contribution in [2.75, 3.05) is 24.7 Å². The standard InChI is InChI=1S/C17H32O6S/c1-5-12(3)17(21)23-10-14(18)9-22-16(20)7-8-24-11-13(4)15(19)6-2/h12-15,18-19H,5-11H2,1-4H3. The molecule has 0 aromatic carbocycles. The highest BCUT2D eigenvalue weighted by Gasteiger charge is 2.16. The summed E-state index contributed by atoms with van der Waals surface area (Å²) in [5.41, 5.74) is 0. The minimum absolute atomic E-state index is 0.169. The monoisotopic (exact) mass is 364 g/mol. The third kappa shape index (κ3) is 10.9.